The van der Waals surface area contributed by atoms with E-state index >= 15 is 0 Å². The molecule has 3 rings (SSSR count). The molecule has 132 valence electrons. The van der Waals surface area contributed by atoms with Crippen molar-refractivity contribution in [1.82, 2.24) is 10.1 Å². The Hall–Kier alpha value is -2.63. The lowest BCUT2D eigenvalue weighted by Gasteiger charge is -2.21. The number of carbonyl (C=O) groups excluding carboxylic acids is 2. The summed E-state index contributed by atoms with van der Waals surface area (Å²) in [4.78, 5) is 26.7. The van der Waals surface area contributed by atoms with Gasteiger partial charge in [-0.15, -0.1) is 0 Å². The number of aryl methyl sites for hydroxylation is 1. The maximum absolute atomic E-state index is 12.8. The predicted molar refractivity (Wildman–Crippen MR) is 94.0 cm³/mol. The average Bonchev–Trinajstić information content (AvgIpc) is 3.31. The fraction of sp³-hybridized carbons (Fsp3) is 0.421. The van der Waals surface area contributed by atoms with Gasteiger partial charge >= 0.3 is 0 Å². The first-order valence-electron chi connectivity index (χ1n) is 8.65. The Labute approximate surface area is 147 Å². The van der Waals surface area contributed by atoms with Gasteiger partial charge in [-0.05, 0) is 31.2 Å². The molecule has 25 heavy (non-hydrogen) atoms. The second kappa shape index (κ2) is 7.51. The average molecular weight is 341 g/mol. The molecule has 0 aliphatic heterocycles. The molecule has 2 aromatic rings. The van der Waals surface area contributed by atoms with Gasteiger partial charge in [0.05, 0.1) is 6.54 Å². The van der Waals surface area contributed by atoms with E-state index in [1.165, 1.54) is 5.56 Å². The quantitative estimate of drug-likeness (QED) is 0.840. The third-order valence-electron chi connectivity index (χ3n) is 4.37. The first kappa shape index (κ1) is 17.2. The van der Waals surface area contributed by atoms with Crippen LogP contribution >= 0.6 is 0 Å². The molecule has 1 heterocycles. The topological polar surface area (TPSA) is 75.4 Å². The summed E-state index contributed by atoms with van der Waals surface area (Å²) in [6.07, 6.45) is 1.66. The van der Waals surface area contributed by atoms with Crippen LogP contribution in [0, 0.1) is 12.8 Å². The third-order valence-corrected chi connectivity index (χ3v) is 4.37. The summed E-state index contributed by atoms with van der Waals surface area (Å²) in [5.41, 5.74) is 1.19. The summed E-state index contributed by atoms with van der Waals surface area (Å²) in [7, 11) is 0. The van der Waals surface area contributed by atoms with Crippen LogP contribution in [-0.2, 0) is 9.59 Å². The van der Waals surface area contributed by atoms with Crippen LogP contribution in [0.25, 0.3) is 0 Å². The predicted octanol–water partition coefficient (Wildman–Crippen LogP) is 2.96. The smallest absolute Gasteiger partial charge is 0.245 e. The molecule has 0 saturated heterocycles. The first-order valence-corrected chi connectivity index (χ1v) is 8.65. The van der Waals surface area contributed by atoms with Crippen molar-refractivity contribution < 1.29 is 14.1 Å². The van der Waals surface area contributed by atoms with E-state index in [1.54, 1.807) is 17.9 Å². The molecule has 1 fully saturated rings. The van der Waals surface area contributed by atoms with Gasteiger partial charge < -0.3 is 14.7 Å². The van der Waals surface area contributed by atoms with Crippen molar-refractivity contribution in [3.8, 4) is 0 Å². The van der Waals surface area contributed by atoms with Gasteiger partial charge in [0, 0.05) is 18.5 Å². The molecule has 1 aliphatic carbocycles. The zero-order chi connectivity index (χ0) is 17.8. The lowest BCUT2D eigenvalue weighted by atomic mass is 10.1. The number of hydrogen-bond donors (Lipinski definition) is 1. The van der Waals surface area contributed by atoms with E-state index in [1.807, 2.05) is 25.1 Å². The van der Waals surface area contributed by atoms with Crippen LogP contribution in [0.3, 0.4) is 0 Å². The lowest BCUT2D eigenvalue weighted by Crippen LogP contribution is -2.39. The molecule has 0 spiro atoms. The zero-order valence-electron chi connectivity index (χ0n) is 14.6. The van der Waals surface area contributed by atoms with E-state index in [-0.39, 0.29) is 30.2 Å². The first-order chi connectivity index (χ1) is 12.1. The minimum atomic E-state index is -0.257. The highest BCUT2D eigenvalue weighted by molar-refractivity contribution is 5.94. The number of amides is 2. The van der Waals surface area contributed by atoms with E-state index in [2.05, 4.69) is 22.6 Å². The second-order valence-electron chi connectivity index (χ2n) is 6.49. The SMILES string of the molecule is CCCN(CC(=O)Nc1cc(C)on1)C(=O)C1CC1c1ccccc1. The number of aromatic nitrogens is 1. The Kier molecular flexibility index (Phi) is 5.16. The maximum atomic E-state index is 12.8. The molecule has 1 aromatic heterocycles. The van der Waals surface area contributed by atoms with E-state index in [0.717, 1.165) is 12.8 Å². The number of anilines is 1. The Balaban J connectivity index is 1.59. The van der Waals surface area contributed by atoms with Gasteiger partial charge in [-0.1, -0.05) is 42.4 Å². The van der Waals surface area contributed by atoms with Crippen molar-refractivity contribution in [1.29, 1.82) is 0 Å². The van der Waals surface area contributed by atoms with Gasteiger partial charge in [0.25, 0.3) is 0 Å². The molecule has 0 radical (unpaired) electrons. The largest absolute Gasteiger partial charge is 0.360 e. The molecule has 1 saturated carbocycles. The number of carbonyl (C=O) groups is 2. The van der Waals surface area contributed by atoms with Crippen LogP contribution in [0.5, 0.6) is 0 Å². The highest BCUT2D eigenvalue weighted by Gasteiger charge is 2.45. The second-order valence-corrected chi connectivity index (χ2v) is 6.49. The van der Waals surface area contributed by atoms with Crippen molar-refractivity contribution in [3.05, 3.63) is 47.7 Å². The van der Waals surface area contributed by atoms with E-state index < -0.39 is 0 Å². The van der Waals surface area contributed by atoms with Crippen molar-refractivity contribution in [3.63, 3.8) is 0 Å². The third kappa shape index (κ3) is 4.26. The van der Waals surface area contributed by atoms with Crippen LogP contribution in [-0.4, -0.2) is 35.0 Å². The van der Waals surface area contributed by atoms with Crippen LogP contribution in [0.2, 0.25) is 0 Å². The molecule has 2 unspecified atom stereocenters. The molecule has 1 aliphatic rings. The number of rotatable bonds is 7. The van der Waals surface area contributed by atoms with Gasteiger partial charge in [-0.3, -0.25) is 9.59 Å². The number of hydrogen-bond acceptors (Lipinski definition) is 4. The van der Waals surface area contributed by atoms with E-state index in [9.17, 15) is 9.59 Å². The molecular formula is C19H23N3O3. The normalized spacial score (nSPS) is 18.6. The maximum Gasteiger partial charge on any atom is 0.245 e. The molecule has 1 N–H and O–H groups in total. The summed E-state index contributed by atoms with van der Waals surface area (Å²) in [5, 5.41) is 6.41. The van der Waals surface area contributed by atoms with Gasteiger partial charge in [-0.25, -0.2) is 0 Å². The monoisotopic (exact) mass is 341 g/mol. The van der Waals surface area contributed by atoms with Gasteiger partial charge in [0.2, 0.25) is 11.8 Å². The molecule has 2 atom stereocenters. The van der Waals surface area contributed by atoms with Crippen LogP contribution in [0.4, 0.5) is 5.82 Å². The number of nitrogens with one attached hydrogen (secondary N) is 1. The van der Waals surface area contributed by atoms with Gasteiger partial charge in [0.15, 0.2) is 5.82 Å². The molecule has 6 heteroatoms. The van der Waals surface area contributed by atoms with E-state index in [4.69, 9.17) is 4.52 Å². The highest BCUT2D eigenvalue weighted by Crippen LogP contribution is 2.48. The van der Waals surface area contributed by atoms with Crippen LogP contribution in [0.15, 0.2) is 40.9 Å². The van der Waals surface area contributed by atoms with Crippen molar-refractivity contribution >= 4 is 17.6 Å². The Morgan fingerprint density at radius 2 is 2.08 bits per heavy atom. The van der Waals surface area contributed by atoms with Gasteiger partial charge in [0.1, 0.15) is 5.76 Å². The molecular weight excluding hydrogens is 318 g/mol. The van der Waals surface area contributed by atoms with Crippen LogP contribution < -0.4 is 5.32 Å². The minimum Gasteiger partial charge on any atom is -0.360 e. The summed E-state index contributed by atoms with van der Waals surface area (Å²) in [6, 6.07) is 11.7. The summed E-state index contributed by atoms with van der Waals surface area (Å²) >= 11 is 0. The Morgan fingerprint density at radius 1 is 1.32 bits per heavy atom. The molecule has 0 bridgehead atoms. The molecule has 6 nitrogen and oxygen atoms in total. The summed E-state index contributed by atoms with van der Waals surface area (Å²) in [6.45, 7) is 4.37. The highest BCUT2D eigenvalue weighted by atomic mass is 16.5. The lowest BCUT2D eigenvalue weighted by molar-refractivity contribution is -0.136. The number of benzene rings is 1. The van der Waals surface area contributed by atoms with Crippen LogP contribution in [0.1, 0.15) is 37.0 Å². The summed E-state index contributed by atoms with van der Waals surface area (Å²) in [5.74, 6) is 1.06. The van der Waals surface area contributed by atoms with Gasteiger partial charge in [-0.2, -0.15) is 0 Å². The number of nitrogens with zero attached hydrogens (tertiary/aromatic N) is 2. The van der Waals surface area contributed by atoms with E-state index in [0.29, 0.717) is 18.1 Å². The zero-order valence-corrected chi connectivity index (χ0v) is 14.6. The Bertz CT molecular complexity index is 741. The van der Waals surface area contributed by atoms with Crippen molar-refractivity contribution in [2.75, 3.05) is 18.4 Å². The minimum absolute atomic E-state index is 0.0176. The van der Waals surface area contributed by atoms with Crippen molar-refractivity contribution in [2.45, 2.75) is 32.6 Å². The fourth-order valence-corrected chi connectivity index (χ4v) is 3.09. The molecule has 2 amide bonds. The Morgan fingerprint density at radius 3 is 2.72 bits per heavy atom. The standard InChI is InChI=1S/C19H23N3O3/c1-3-9-22(12-18(23)20-17-10-13(2)25-21-17)19(24)16-11-15(16)14-7-5-4-6-8-14/h4-8,10,15-16H,3,9,11-12H2,1-2H3,(H,20,21,23). The molecule has 1 aromatic carbocycles. The van der Waals surface area contributed by atoms with Crippen molar-refractivity contribution in [2.24, 2.45) is 5.92 Å². The summed E-state index contributed by atoms with van der Waals surface area (Å²) < 4.78 is 4.93. The fourth-order valence-electron chi connectivity index (χ4n) is 3.09.